The van der Waals surface area contributed by atoms with Crippen LogP contribution in [0.5, 0.6) is 0 Å². The fourth-order valence-corrected chi connectivity index (χ4v) is 6.51. The molecular formula is C29H41NO6S. The Bertz CT molecular complexity index is 1020. The average molecular weight is 532 g/mol. The molecule has 1 aliphatic heterocycles. The number of rotatable bonds is 6. The zero-order valence-electron chi connectivity index (χ0n) is 22.5. The predicted octanol–water partition coefficient (Wildman–Crippen LogP) is 5.09. The summed E-state index contributed by atoms with van der Waals surface area (Å²) in [6.07, 6.45) is 5.59. The molecule has 1 aromatic heterocycles. The highest BCUT2D eigenvalue weighted by molar-refractivity contribution is 7.15. The molecule has 2 saturated carbocycles. The van der Waals surface area contributed by atoms with Gasteiger partial charge in [0, 0.05) is 18.1 Å². The molecule has 1 aromatic rings. The van der Waals surface area contributed by atoms with E-state index in [0.29, 0.717) is 35.9 Å². The van der Waals surface area contributed by atoms with Crippen molar-refractivity contribution in [2.75, 3.05) is 18.1 Å². The highest BCUT2D eigenvalue weighted by Gasteiger charge is 2.41. The first-order valence-corrected chi connectivity index (χ1v) is 14.5. The second-order valence-corrected chi connectivity index (χ2v) is 13.0. The van der Waals surface area contributed by atoms with Gasteiger partial charge in [-0.1, -0.05) is 18.8 Å². The molecule has 204 valence electrons. The standard InChI is InChI=1S/C29H41NO6S/c1-18-5-10-23(25(31)15-18)27(32)30(19-6-8-20(9-7-19)36-21-12-14-35-17-21)24-16-22(11-13-29(2,3)4)37-26(24)28(33)34/h16,18-21,23,25,31H,5-10,12,14-15,17H2,1-4H3,(H,33,34)/t18-,19-,20+,21?,23-,25+/m1/s1. The molecule has 4 rings (SSSR count). The molecule has 7 nitrogen and oxygen atoms in total. The molecule has 1 saturated heterocycles. The van der Waals surface area contributed by atoms with E-state index in [1.54, 1.807) is 11.0 Å². The van der Waals surface area contributed by atoms with Gasteiger partial charge in [0.2, 0.25) is 5.91 Å². The van der Waals surface area contributed by atoms with Crippen LogP contribution in [-0.2, 0) is 14.3 Å². The van der Waals surface area contributed by atoms with E-state index in [9.17, 15) is 19.8 Å². The van der Waals surface area contributed by atoms with Crippen LogP contribution in [0.2, 0.25) is 0 Å². The van der Waals surface area contributed by atoms with Gasteiger partial charge in [0.05, 0.1) is 41.4 Å². The molecule has 2 aliphatic carbocycles. The Morgan fingerprint density at radius 3 is 2.43 bits per heavy atom. The second kappa shape index (κ2) is 11.9. The number of hydrogen-bond donors (Lipinski definition) is 2. The first-order chi connectivity index (χ1) is 17.5. The average Bonchev–Trinajstić information content (AvgIpc) is 3.49. The van der Waals surface area contributed by atoms with Crippen LogP contribution in [0, 0.1) is 29.1 Å². The third kappa shape index (κ3) is 7.14. The Balaban J connectivity index is 1.62. The number of aliphatic hydroxyl groups is 1. The summed E-state index contributed by atoms with van der Waals surface area (Å²) in [6.45, 7) is 9.49. The largest absolute Gasteiger partial charge is 0.477 e. The molecule has 3 fully saturated rings. The summed E-state index contributed by atoms with van der Waals surface area (Å²) in [4.78, 5) is 28.9. The lowest BCUT2D eigenvalue weighted by atomic mass is 9.79. The van der Waals surface area contributed by atoms with Crippen molar-refractivity contribution >= 4 is 28.9 Å². The molecule has 0 spiro atoms. The molecule has 2 heterocycles. The van der Waals surface area contributed by atoms with Gasteiger partial charge in [0.1, 0.15) is 4.88 Å². The fraction of sp³-hybridized carbons (Fsp3) is 0.724. The number of hydrogen-bond acceptors (Lipinski definition) is 6. The molecule has 2 N–H and O–H groups in total. The van der Waals surface area contributed by atoms with E-state index in [1.165, 1.54) is 0 Å². The van der Waals surface area contributed by atoms with Crippen molar-refractivity contribution in [1.29, 1.82) is 0 Å². The number of anilines is 1. The maximum atomic E-state index is 14.1. The van der Waals surface area contributed by atoms with Gasteiger partial charge in [0.15, 0.2) is 0 Å². The zero-order valence-corrected chi connectivity index (χ0v) is 23.3. The van der Waals surface area contributed by atoms with Crippen molar-refractivity contribution < 1.29 is 29.3 Å². The van der Waals surface area contributed by atoms with Crippen LogP contribution in [0.1, 0.15) is 93.6 Å². The lowest BCUT2D eigenvalue weighted by Crippen LogP contribution is -2.50. The van der Waals surface area contributed by atoms with Crippen LogP contribution >= 0.6 is 11.3 Å². The number of carboxylic acid groups (broad SMARTS) is 1. The van der Waals surface area contributed by atoms with Crippen LogP contribution in [0.4, 0.5) is 5.69 Å². The summed E-state index contributed by atoms with van der Waals surface area (Å²) in [5, 5.41) is 20.9. The van der Waals surface area contributed by atoms with Crippen molar-refractivity contribution in [2.24, 2.45) is 17.3 Å². The third-order valence-electron chi connectivity index (χ3n) is 7.64. The van der Waals surface area contributed by atoms with Crippen LogP contribution in [-0.4, -0.2) is 59.7 Å². The van der Waals surface area contributed by atoms with Gasteiger partial charge in [0.25, 0.3) is 0 Å². The van der Waals surface area contributed by atoms with Gasteiger partial charge in [-0.2, -0.15) is 0 Å². The van der Waals surface area contributed by atoms with E-state index in [-0.39, 0.29) is 34.4 Å². The maximum absolute atomic E-state index is 14.1. The topological polar surface area (TPSA) is 96.3 Å². The van der Waals surface area contributed by atoms with E-state index in [4.69, 9.17) is 9.47 Å². The molecule has 8 heteroatoms. The number of carbonyl (C=O) groups is 2. The molecule has 1 amide bonds. The minimum atomic E-state index is -1.06. The number of nitrogens with zero attached hydrogens (tertiary/aromatic N) is 1. The number of carboxylic acids is 1. The highest BCUT2D eigenvalue weighted by Crippen LogP contribution is 2.39. The highest BCUT2D eigenvalue weighted by atomic mass is 32.1. The van der Waals surface area contributed by atoms with E-state index >= 15 is 0 Å². The van der Waals surface area contributed by atoms with Crippen LogP contribution in [0.25, 0.3) is 0 Å². The Hall–Kier alpha value is -1.92. The fourth-order valence-electron chi connectivity index (χ4n) is 5.67. The molecule has 4 atom stereocenters. The van der Waals surface area contributed by atoms with Gasteiger partial charge < -0.3 is 24.6 Å². The molecule has 0 aromatic carbocycles. The Kier molecular flexibility index (Phi) is 9.00. The lowest BCUT2D eigenvalue weighted by Gasteiger charge is -2.41. The minimum absolute atomic E-state index is 0.121. The Morgan fingerprint density at radius 1 is 1.11 bits per heavy atom. The maximum Gasteiger partial charge on any atom is 0.348 e. The second-order valence-electron chi connectivity index (χ2n) is 12.0. The Labute approximate surface area is 224 Å². The molecule has 0 radical (unpaired) electrons. The van der Waals surface area contributed by atoms with Crippen molar-refractivity contribution in [2.45, 2.75) is 103 Å². The zero-order chi connectivity index (χ0) is 26.7. The molecule has 0 bridgehead atoms. The smallest absolute Gasteiger partial charge is 0.348 e. The van der Waals surface area contributed by atoms with E-state index < -0.39 is 18.0 Å². The van der Waals surface area contributed by atoms with Gasteiger partial charge in [-0.15, -0.1) is 11.3 Å². The molecule has 3 aliphatic rings. The number of aliphatic hydroxyl groups excluding tert-OH is 1. The minimum Gasteiger partial charge on any atom is -0.477 e. The lowest BCUT2D eigenvalue weighted by molar-refractivity contribution is -0.129. The van der Waals surface area contributed by atoms with Gasteiger partial charge in [-0.25, -0.2) is 4.79 Å². The summed E-state index contributed by atoms with van der Waals surface area (Å²) in [5.41, 5.74) is 0.189. The monoisotopic (exact) mass is 531 g/mol. The number of ether oxygens (including phenoxy) is 2. The van der Waals surface area contributed by atoms with Crippen molar-refractivity contribution in [1.82, 2.24) is 0 Å². The quantitative estimate of drug-likeness (QED) is 0.497. The normalized spacial score (nSPS) is 30.4. The van der Waals surface area contributed by atoms with Crippen molar-refractivity contribution in [3.63, 3.8) is 0 Å². The SMILES string of the molecule is C[C@@H]1CC[C@@H](C(=O)N(c2cc(C#CC(C)(C)C)sc2C(=O)O)[C@H]2CC[C@@H](OC3CCOC3)CC2)[C@@H](O)C1. The first-order valence-electron chi connectivity index (χ1n) is 13.7. The van der Waals surface area contributed by atoms with E-state index in [1.807, 2.05) is 20.8 Å². The summed E-state index contributed by atoms with van der Waals surface area (Å²) in [5.74, 6) is 4.93. The van der Waals surface area contributed by atoms with Crippen LogP contribution < -0.4 is 4.90 Å². The van der Waals surface area contributed by atoms with Crippen LogP contribution in [0.3, 0.4) is 0 Å². The first kappa shape index (κ1) is 28.1. The molecule has 1 unspecified atom stereocenters. The van der Waals surface area contributed by atoms with Gasteiger partial charge >= 0.3 is 5.97 Å². The summed E-state index contributed by atoms with van der Waals surface area (Å²) < 4.78 is 11.7. The summed E-state index contributed by atoms with van der Waals surface area (Å²) in [6, 6.07) is 1.62. The number of aromatic carboxylic acids is 1. The predicted molar refractivity (Wildman–Crippen MR) is 144 cm³/mol. The van der Waals surface area contributed by atoms with Gasteiger partial charge in [-0.3, -0.25) is 4.79 Å². The number of carbonyl (C=O) groups excluding carboxylic acids is 1. The van der Waals surface area contributed by atoms with E-state index in [0.717, 1.165) is 56.5 Å². The molecular weight excluding hydrogens is 490 g/mol. The number of thiophene rings is 1. The van der Waals surface area contributed by atoms with Gasteiger partial charge in [-0.05, 0) is 84.1 Å². The number of amides is 1. The van der Waals surface area contributed by atoms with Crippen molar-refractivity contribution in [3.05, 3.63) is 15.8 Å². The van der Waals surface area contributed by atoms with Crippen LogP contribution in [0.15, 0.2) is 6.07 Å². The Morgan fingerprint density at radius 2 is 1.84 bits per heavy atom. The summed E-state index contributed by atoms with van der Waals surface area (Å²) >= 11 is 1.12. The third-order valence-corrected chi connectivity index (χ3v) is 8.67. The molecule has 37 heavy (non-hydrogen) atoms. The van der Waals surface area contributed by atoms with E-state index in [2.05, 4.69) is 18.8 Å². The summed E-state index contributed by atoms with van der Waals surface area (Å²) in [7, 11) is 0. The van der Waals surface area contributed by atoms with Crippen molar-refractivity contribution in [3.8, 4) is 11.8 Å².